The monoisotopic (exact) mass is 277 g/mol. The Morgan fingerprint density at radius 3 is 2.35 bits per heavy atom. The first-order chi connectivity index (χ1) is 9.58. The van der Waals surface area contributed by atoms with Gasteiger partial charge < -0.3 is 9.64 Å². The lowest BCUT2D eigenvalue weighted by Crippen LogP contribution is -2.31. The molecule has 1 rings (SSSR count). The second-order valence-electron chi connectivity index (χ2n) is 5.29. The molecule has 0 radical (unpaired) electrons. The van der Waals surface area contributed by atoms with Gasteiger partial charge in [0.25, 0.3) is 0 Å². The zero-order chi connectivity index (χ0) is 15.0. The average Bonchev–Trinajstić information content (AvgIpc) is 2.41. The van der Waals surface area contributed by atoms with E-state index in [-0.39, 0.29) is 5.97 Å². The molecule has 0 aliphatic rings. The number of unbranched alkanes of at least 4 members (excludes halogenated alkanes) is 1. The Bertz CT molecular complexity index is 398. The average molecular weight is 277 g/mol. The fraction of sp³-hybridized carbons (Fsp3) is 0.588. The standard InChI is InChI=1S/C17H27NO2/c1-5-7-12-18(14(3)4)16-10-8-15(9-11-16)13-17(19)20-6-2/h8-11,14H,5-7,12-13H2,1-4H3. The number of nitrogens with zero attached hydrogens (tertiary/aromatic N) is 1. The highest BCUT2D eigenvalue weighted by molar-refractivity contribution is 5.72. The Morgan fingerprint density at radius 1 is 1.20 bits per heavy atom. The molecule has 0 unspecified atom stereocenters. The third-order valence-corrected chi connectivity index (χ3v) is 3.30. The summed E-state index contributed by atoms with van der Waals surface area (Å²) >= 11 is 0. The quantitative estimate of drug-likeness (QED) is 0.677. The van der Waals surface area contributed by atoms with Crippen LogP contribution in [0.15, 0.2) is 24.3 Å². The van der Waals surface area contributed by atoms with Gasteiger partial charge in [-0.2, -0.15) is 0 Å². The van der Waals surface area contributed by atoms with E-state index in [0.29, 0.717) is 19.1 Å². The van der Waals surface area contributed by atoms with Gasteiger partial charge in [0.15, 0.2) is 0 Å². The minimum Gasteiger partial charge on any atom is -0.466 e. The van der Waals surface area contributed by atoms with Gasteiger partial charge in [-0.25, -0.2) is 0 Å². The predicted octanol–water partition coefficient (Wildman–Crippen LogP) is 3.81. The summed E-state index contributed by atoms with van der Waals surface area (Å²) in [6, 6.07) is 8.73. The van der Waals surface area contributed by atoms with Crippen LogP contribution >= 0.6 is 0 Å². The van der Waals surface area contributed by atoms with Gasteiger partial charge in [-0.05, 0) is 44.9 Å². The highest BCUT2D eigenvalue weighted by Gasteiger charge is 2.10. The number of ether oxygens (including phenoxy) is 1. The van der Waals surface area contributed by atoms with E-state index < -0.39 is 0 Å². The molecule has 0 amide bonds. The molecule has 1 aromatic rings. The highest BCUT2D eigenvalue weighted by Crippen LogP contribution is 2.19. The Balaban J connectivity index is 2.70. The Morgan fingerprint density at radius 2 is 1.85 bits per heavy atom. The lowest BCUT2D eigenvalue weighted by molar-refractivity contribution is -0.142. The summed E-state index contributed by atoms with van der Waals surface area (Å²) in [6.07, 6.45) is 2.75. The van der Waals surface area contributed by atoms with Crippen molar-refractivity contribution in [1.29, 1.82) is 0 Å². The van der Waals surface area contributed by atoms with Crippen LogP contribution in [0.1, 0.15) is 46.1 Å². The first kappa shape index (κ1) is 16.5. The van der Waals surface area contributed by atoms with Crippen LogP contribution in [0.5, 0.6) is 0 Å². The third kappa shape index (κ3) is 5.24. The van der Waals surface area contributed by atoms with Gasteiger partial charge in [0, 0.05) is 18.3 Å². The molecule has 112 valence electrons. The first-order valence-corrected chi connectivity index (χ1v) is 7.59. The number of hydrogen-bond donors (Lipinski definition) is 0. The van der Waals surface area contributed by atoms with Crippen molar-refractivity contribution in [1.82, 2.24) is 0 Å². The number of carbonyl (C=O) groups is 1. The molecule has 3 heteroatoms. The molecule has 0 N–H and O–H groups in total. The molecule has 1 aromatic carbocycles. The Kier molecular flexibility index (Phi) is 7.13. The van der Waals surface area contributed by atoms with Crippen molar-refractivity contribution in [2.75, 3.05) is 18.1 Å². The molecular weight excluding hydrogens is 250 g/mol. The van der Waals surface area contributed by atoms with E-state index in [0.717, 1.165) is 12.1 Å². The maximum Gasteiger partial charge on any atom is 0.310 e. The normalized spacial score (nSPS) is 10.7. The van der Waals surface area contributed by atoms with E-state index >= 15 is 0 Å². The third-order valence-electron chi connectivity index (χ3n) is 3.30. The van der Waals surface area contributed by atoms with E-state index in [2.05, 4.69) is 37.8 Å². The van der Waals surface area contributed by atoms with Gasteiger partial charge in [-0.3, -0.25) is 4.79 Å². The van der Waals surface area contributed by atoms with Crippen molar-refractivity contribution in [3.8, 4) is 0 Å². The molecule has 0 bridgehead atoms. The molecular formula is C17H27NO2. The summed E-state index contributed by atoms with van der Waals surface area (Å²) in [5.74, 6) is -0.160. The zero-order valence-electron chi connectivity index (χ0n) is 13.2. The number of carbonyl (C=O) groups excluding carboxylic acids is 1. The molecule has 0 aliphatic carbocycles. The molecule has 0 atom stereocenters. The second kappa shape index (κ2) is 8.62. The number of rotatable bonds is 8. The molecule has 0 aromatic heterocycles. The SMILES string of the molecule is CCCCN(c1ccc(CC(=O)OCC)cc1)C(C)C. The van der Waals surface area contributed by atoms with Crippen LogP contribution in [0.3, 0.4) is 0 Å². The minimum atomic E-state index is -0.160. The van der Waals surface area contributed by atoms with Crippen LogP contribution in [0, 0.1) is 0 Å². The Hall–Kier alpha value is -1.51. The maximum atomic E-state index is 11.4. The maximum absolute atomic E-state index is 11.4. The summed E-state index contributed by atoms with van der Waals surface area (Å²) in [5.41, 5.74) is 2.23. The lowest BCUT2D eigenvalue weighted by atomic mass is 10.1. The Labute approximate surface area is 122 Å². The predicted molar refractivity (Wildman–Crippen MR) is 84.2 cm³/mol. The molecule has 0 fully saturated rings. The number of benzene rings is 1. The van der Waals surface area contributed by atoms with Crippen molar-refractivity contribution in [3.63, 3.8) is 0 Å². The molecule has 0 spiro atoms. The van der Waals surface area contributed by atoms with E-state index in [1.807, 2.05) is 19.1 Å². The molecule has 20 heavy (non-hydrogen) atoms. The van der Waals surface area contributed by atoms with Crippen LogP contribution in [0.25, 0.3) is 0 Å². The van der Waals surface area contributed by atoms with Crippen LogP contribution in [0.4, 0.5) is 5.69 Å². The van der Waals surface area contributed by atoms with Crippen LogP contribution < -0.4 is 4.90 Å². The van der Waals surface area contributed by atoms with Gasteiger partial charge in [-0.1, -0.05) is 25.5 Å². The largest absolute Gasteiger partial charge is 0.466 e. The van der Waals surface area contributed by atoms with Gasteiger partial charge in [0.1, 0.15) is 0 Å². The molecule has 0 heterocycles. The molecule has 0 saturated carbocycles. The summed E-state index contributed by atoms with van der Waals surface area (Å²) in [7, 11) is 0. The van der Waals surface area contributed by atoms with E-state index in [4.69, 9.17) is 4.74 Å². The van der Waals surface area contributed by atoms with Crippen molar-refractivity contribution in [2.45, 2.75) is 53.0 Å². The first-order valence-electron chi connectivity index (χ1n) is 7.59. The fourth-order valence-corrected chi connectivity index (χ4v) is 2.20. The van der Waals surface area contributed by atoms with Gasteiger partial charge >= 0.3 is 5.97 Å². The molecule has 3 nitrogen and oxygen atoms in total. The summed E-state index contributed by atoms with van der Waals surface area (Å²) in [4.78, 5) is 13.8. The van der Waals surface area contributed by atoms with Crippen molar-refractivity contribution >= 4 is 11.7 Å². The van der Waals surface area contributed by atoms with E-state index in [1.165, 1.54) is 18.5 Å². The van der Waals surface area contributed by atoms with E-state index in [1.54, 1.807) is 0 Å². The number of hydrogen-bond acceptors (Lipinski definition) is 3. The summed E-state index contributed by atoms with van der Waals surface area (Å²) < 4.78 is 4.97. The zero-order valence-corrected chi connectivity index (χ0v) is 13.2. The summed E-state index contributed by atoms with van der Waals surface area (Å²) in [6.45, 7) is 9.97. The smallest absolute Gasteiger partial charge is 0.310 e. The van der Waals surface area contributed by atoms with Crippen LogP contribution in [-0.2, 0) is 16.0 Å². The lowest BCUT2D eigenvalue weighted by Gasteiger charge is -2.29. The molecule has 0 aliphatic heterocycles. The van der Waals surface area contributed by atoms with Gasteiger partial charge in [0.2, 0.25) is 0 Å². The van der Waals surface area contributed by atoms with Crippen LogP contribution in [0.2, 0.25) is 0 Å². The van der Waals surface area contributed by atoms with Crippen LogP contribution in [-0.4, -0.2) is 25.2 Å². The van der Waals surface area contributed by atoms with Gasteiger partial charge in [-0.15, -0.1) is 0 Å². The fourth-order valence-electron chi connectivity index (χ4n) is 2.20. The summed E-state index contributed by atoms with van der Waals surface area (Å²) in [5, 5.41) is 0. The highest BCUT2D eigenvalue weighted by atomic mass is 16.5. The second-order valence-corrected chi connectivity index (χ2v) is 5.29. The minimum absolute atomic E-state index is 0.160. The number of anilines is 1. The van der Waals surface area contributed by atoms with Gasteiger partial charge in [0.05, 0.1) is 13.0 Å². The van der Waals surface area contributed by atoms with Crippen molar-refractivity contribution in [3.05, 3.63) is 29.8 Å². The number of esters is 1. The topological polar surface area (TPSA) is 29.5 Å². The van der Waals surface area contributed by atoms with Crippen molar-refractivity contribution < 1.29 is 9.53 Å². The van der Waals surface area contributed by atoms with Crippen molar-refractivity contribution in [2.24, 2.45) is 0 Å². The van der Waals surface area contributed by atoms with E-state index in [9.17, 15) is 4.79 Å². The molecule has 0 saturated heterocycles.